The van der Waals surface area contributed by atoms with Gasteiger partial charge in [0, 0.05) is 18.3 Å². The lowest BCUT2D eigenvalue weighted by Crippen LogP contribution is -2.30. The standard InChI is InChI=1S/C21H24N2O7/c1-12(20(25)23-15-8-6-14(7-9-15)22-13(2)24)30-21(26)16-10-11-17(27-3)19(29-5)18(16)28-4/h6-12H,1-5H3,(H,22,24)(H,23,25)/t12-/m0/s1. The zero-order valence-corrected chi connectivity index (χ0v) is 17.4. The van der Waals surface area contributed by atoms with E-state index in [1.165, 1.54) is 41.2 Å². The van der Waals surface area contributed by atoms with Crippen LogP contribution in [0.2, 0.25) is 0 Å². The maximum Gasteiger partial charge on any atom is 0.342 e. The molecule has 0 unspecified atom stereocenters. The minimum absolute atomic E-state index is 0.0921. The Balaban J connectivity index is 2.08. The molecule has 2 N–H and O–H groups in total. The third-order valence-corrected chi connectivity index (χ3v) is 4.05. The summed E-state index contributed by atoms with van der Waals surface area (Å²) in [7, 11) is 4.27. The monoisotopic (exact) mass is 416 g/mol. The van der Waals surface area contributed by atoms with Crippen LogP contribution in [0, 0.1) is 0 Å². The van der Waals surface area contributed by atoms with Gasteiger partial charge in [0.25, 0.3) is 5.91 Å². The van der Waals surface area contributed by atoms with Gasteiger partial charge in [-0.2, -0.15) is 0 Å². The van der Waals surface area contributed by atoms with Gasteiger partial charge in [0.15, 0.2) is 17.6 Å². The SMILES string of the molecule is COc1ccc(C(=O)O[C@@H](C)C(=O)Nc2ccc(NC(C)=O)cc2)c(OC)c1OC. The summed E-state index contributed by atoms with van der Waals surface area (Å²) >= 11 is 0. The van der Waals surface area contributed by atoms with Crippen molar-refractivity contribution in [1.82, 2.24) is 0 Å². The van der Waals surface area contributed by atoms with E-state index in [9.17, 15) is 14.4 Å². The molecule has 0 aromatic heterocycles. The third kappa shape index (κ3) is 5.40. The minimum Gasteiger partial charge on any atom is -0.493 e. The predicted molar refractivity (Wildman–Crippen MR) is 110 cm³/mol. The van der Waals surface area contributed by atoms with E-state index in [1.807, 2.05) is 0 Å². The number of esters is 1. The number of ether oxygens (including phenoxy) is 4. The number of methoxy groups -OCH3 is 3. The second kappa shape index (κ2) is 10.1. The lowest BCUT2D eigenvalue weighted by molar-refractivity contribution is -0.123. The van der Waals surface area contributed by atoms with Crippen molar-refractivity contribution in [2.24, 2.45) is 0 Å². The minimum atomic E-state index is -1.08. The zero-order chi connectivity index (χ0) is 22.3. The number of carbonyl (C=O) groups excluding carboxylic acids is 3. The molecule has 0 bridgehead atoms. The Morgan fingerprint density at radius 2 is 1.37 bits per heavy atom. The number of anilines is 2. The highest BCUT2D eigenvalue weighted by Gasteiger charge is 2.25. The molecule has 0 saturated carbocycles. The van der Waals surface area contributed by atoms with Crippen molar-refractivity contribution >= 4 is 29.2 Å². The second-order valence-electron chi connectivity index (χ2n) is 6.18. The Morgan fingerprint density at radius 1 is 0.800 bits per heavy atom. The van der Waals surface area contributed by atoms with Crippen LogP contribution in [-0.4, -0.2) is 45.2 Å². The van der Waals surface area contributed by atoms with Gasteiger partial charge < -0.3 is 29.6 Å². The van der Waals surface area contributed by atoms with Crippen LogP contribution in [0.5, 0.6) is 17.2 Å². The Kier molecular flexibility index (Phi) is 7.62. The molecule has 2 amide bonds. The van der Waals surface area contributed by atoms with Gasteiger partial charge in [-0.15, -0.1) is 0 Å². The van der Waals surface area contributed by atoms with E-state index in [1.54, 1.807) is 30.3 Å². The van der Waals surface area contributed by atoms with Crippen molar-refractivity contribution in [2.75, 3.05) is 32.0 Å². The van der Waals surface area contributed by atoms with E-state index in [0.29, 0.717) is 17.1 Å². The molecule has 2 aromatic rings. The maximum atomic E-state index is 12.6. The summed E-state index contributed by atoms with van der Waals surface area (Å²) in [5, 5.41) is 5.27. The van der Waals surface area contributed by atoms with E-state index in [4.69, 9.17) is 18.9 Å². The lowest BCUT2D eigenvalue weighted by Gasteiger charge is -2.17. The predicted octanol–water partition coefficient (Wildman–Crippen LogP) is 2.85. The Morgan fingerprint density at radius 3 is 1.87 bits per heavy atom. The van der Waals surface area contributed by atoms with Crippen molar-refractivity contribution < 1.29 is 33.3 Å². The molecule has 2 aromatic carbocycles. The third-order valence-electron chi connectivity index (χ3n) is 4.05. The molecule has 160 valence electrons. The van der Waals surface area contributed by atoms with Gasteiger partial charge in [0.05, 0.1) is 21.3 Å². The number of benzene rings is 2. The maximum absolute atomic E-state index is 12.6. The van der Waals surface area contributed by atoms with E-state index < -0.39 is 18.0 Å². The van der Waals surface area contributed by atoms with E-state index in [0.717, 1.165) is 0 Å². The summed E-state index contributed by atoms with van der Waals surface area (Å²) in [5.74, 6) is -0.697. The summed E-state index contributed by atoms with van der Waals surface area (Å²) in [6.07, 6.45) is -1.08. The number of rotatable bonds is 8. The fraction of sp³-hybridized carbons (Fsp3) is 0.286. The first-order valence-electron chi connectivity index (χ1n) is 8.99. The van der Waals surface area contributed by atoms with Gasteiger partial charge in [-0.05, 0) is 43.3 Å². The Labute approximate surface area is 174 Å². The van der Waals surface area contributed by atoms with Crippen molar-refractivity contribution in [3.63, 3.8) is 0 Å². The smallest absolute Gasteiger partial charge is 0.342 e. The fourth-order valence-corrected chi connectivity index (χ4v) is 2.62. The molecule has 0 spiro atoms. The van der Waals surface area contributed by atoms with Crippen LogP contribution in [0.15, 0.2) is 36.4 Å². The topological polar surface area (TPSA) is 112 Å². The number of nitrogens with one attached hydrogen (secondary N) is 2. The summed E-state index contributed by atoms with van der Waals surface area (Å²) in [6.45, 7) is 2.85. The van der Waals surface area contributed by atoms with Gasteiger partial charge in [-0.1, -0.05) is 0 Å². The zero-order valence-electron chi connectivity index (χ0n) is 17.4. The molecule has 0 fully saturated rings. The molecule has 0 aliphatic carbocycles. The van der Waals surface area contributed by atoms with Crippen LogP contribution >= 0.6 is 0 Å². The van der Waals surface area contributed by atoms with Crippen LogP contribution in [0.25, 0.3) is 0 Å². The summed E-state index contributed by atoms with van der Waals surface area (Å²) in [4.78, 5) is 36.0. The average molecular weight is 416 g/mol. The van der Waals surface area contributed by atoms with Gasteiger partial charge in [0.2, 0.25) is 11.7 Å². The number of hydrogen-bond acceptors (Lipinski definition) is 7. The van der Waals surface area contributed by atoms with Gasteiger partial charge >= 0.3 is 5.97 Å². The number of amides is 2. The largest absolute Gasteiger partial charge is 0.493 e. The molecule has 0 radical (unpaired) electrons. The highest BCUT2D eigenvalue weighted by molar-refractivity contribution is 5.99. The van der Waals surface area contributed by atoms with Gasteiger partial charge in [0.1, 0.15) is 5.56 Å². The second-order valence-corrected chi connectivity index (χ2v) is 6.18. The van der Waals surface area contributed by atoms with E-state index in [2.05, 4.69) is 10.6 Å². The Hall–Kier alpha value is -3.75. The Bertz CT molecular complexity index is 926. The number of hydrogen-bond donors (Lipinski definition) is 2. The van der Waals surface area contributed by atoms with E-state index >= 15 is 0 Å². The molecule has 0 heterocycles. The summed E-state index contributed by atoms with van der Waals surface area (Å²) < 4.78 is 21.0. The van der Waals surface area contributed by atoms with Crippen LogP contribution in [0.1, 0.15) is 24.2 Å². The van der Waals surface area contributed by atoms with Crippen molar-refractivity contribution in [2.45, 2.75) is 20.0 Å². The molecule has 9 heteroatoms. The lowest BCUT2D eigenvalue weighted by atomic mass is 10.1. The molecule has 30 heavy (non-hydrogen) atoms. The summed E-state index contributed by atoms with van der Waals surface area (Å²) in [5.41, 5.74) is 1.18. The first-order valence-corrected chi connectivity index (χ1v) is 8.99. The highest BCUT2D eigenvalue weighted by atomic mass is 16.6. The first kappa shape index (κ1) is 22.5. The van der Waals surface area contributed by atoms with E-state index in [-0.39, 0.29) is 23.0 Å². The molecular weight excluding hydrogens is 392 g/mol. The summed E-state index contributed by atoms with van der Waals surface area (Å²) in [6, 6.07) is 9.53. The molecule has 2 rings (SSSR count). The van der Waals surface area contributed by atoms with Crippen LogP contribution in [0.4, 0.5) is 11.4 Å². The molecule has 9 nitrogen and oxygen atoms in total. The highest BCUT2D eigenvalue weighted by Crippen LogP contribution is 2.40. The van der Waals surface area contributed by atoms with Crippen molar-refractivity contribution in [1.29, 1.82) is 0 Å². The quantitative estimate of drug-likeness (QED) is 0.636. The average Bonchev–Trinajstić information content (AvgIpc) is 2.73. The normalized spacial score (nSPS) is 11.1. The fourth-order valence-electron chi connectivity index (χ4n) is 2.62. The molecule has 0 aliphatic rings. The molecule has 0 saturated heterocycles. The van der Waals surface area contributed by atoms with Crippen molar-refractivity contribution in [3.05, 3.63) is 42.0 Å². The van der Waals surface area contributed by atoms with Crippen LogP contribution in [0.3, 0.4) is 0 Å². The van der Waals surface area contributed by atoms with Gasteiger partial charge in [-0.3, -0.25) is 9.59 Å². The number of carbonyl (C=O) groups is 3. The first-order chi connectivity index (χ1) is 14.3. The molecular formula is C21H24N2O7. The van der Waals surface area contributed by atoms with Crippen LogP contribution in [-0.2, 0) is 14.3 Å². The molecule has 0 aliphatic heterocycles. The molecule has 1 atom stereocenters. The van der Waals surface area contributed by atoms with Crippen LogP contribution < -0.4 is 24.8 Å². The van der Waals surface area contributed by atoms with Crippen molar-refractivity contribution in [3.8, 4) is 17.2 Å². The van der Waals surface area contributed by atoms with Gasteiger partial charge in [-0.25, -0.2) is 4.79 Å².